The highest BCUT2D eigenvalue weighted by Gasteiger charge is 2.20. The summed E-state index contributed by atoms with van der Waals surface area (Å²) in [6.07, 6.45) is 4.22. The summed E-state index contributed by atoms with van der Waals surface area (Å²) >= 11 is 0. The molecule has 5 heteroatoms. The number of urea groups is 1. The lowest BCUT2D eigenvalue weighted by Gasteiger charge is -2.06. The zero-order valence-corrected chi connectivity index (χ0v) is 8.79. The zero-order chi connectivity index (χ0) is 11.1. The Kier molecular flexibility index (Phi) is 4.93. The molecule has 1 aliphatic carbocycles. The van der Waals surface area contributed by atoms with E-state index in [4.69, 9.17) is 5.11 Å². The monoisotopic (exact) mass is 214 g/mol. The second kappa shape index (κ2) is 6.27. The van der Waals surface area contributed by atoms with Crippen LogP contribution in [0.4, 0.5) is 4.79 Å². The van der Waals surface area contributed by atoms with E-state index in [1.807, 2.05) is 0 Å². The van der Waals surface area contributed by atoms with E-state index in [9.17, 15) is 9.59 Å². The fraction of sp³-hybridized carbons (Fsp3) is 0.800. The van der Waals surface area contributed by atoms with Gasteiger partial charge in [0.15, 0.2) is 0 Å². The molecular formula is C10H18N2O3. The summed E-state index contributed by atoms with van der Waals surface area (Å²) in [7, 11) is 0. The molecule has 15 heavy (non-hydrogen) atoms. The Bertz CT molecular complexity index is 227. The fourth-order valence-electron chi connectivity index (χ4n) is 1.30. The summed E-state index contributed by atoms with van der Waals surface area (Å²) in [6.45, 7) is 1.14. The first-order valence-electron chi connectivity index (χ1n) is 5.42. The van der Waals surface area contributed by atoms with Gasteiger partial charge in [-0.2, -0.15) is 0 Å². The van der Waals surface area contributed by atoms with Crippen LogP contribution in [-0.4, -0.2) is 30.2 Å². The molecule has 86 valence electrons. The molecule has 5 nitrogen and oxygen atoms in total. The van der Waals surface area contributed by atoms with Crippen LogP contribution in [0.1, 0.15) is 32.1 Å². The highest BCUT2D eigenvalue weighted by molar-refractivity contribution is 5.73. The smallest absolute Gasteiger partial charge is 0.314 e. The van der Waals surface area contributed by atoms with E-state index in [2.05, 4.69) is 10.6 Å². The Balaban J connectivity index is 1.86. The van der Waals surface area contributed by atoms with Crippen molar-refractivity contribution >= 4 is 12.0 Å². The summed E-state index contributed by atoms with van der Waals surface area (Å²) in [4.78, 5) is 21.3. The van der Waals surface area contributed by atoms with Gasteiger partial charge in [0.25, 0.3) is 0 Å². The van der Waals surface area contributed by atoms with Crippen molar-refractivity contribution < 1.29 is 14.7 Å². The highest BCUT2D eigenvalue weighted by atomic mass is 16.4. The summed E-state index contributed by atoms with van der Waals surface area (Å²) in [5.74, 6) is -0.0109. The van der Waals surface area contributed by atoms with Crippen molar-refractivity contribution in [3.63, 3.8) is 0 Å². The molecule has 1 aliphatic rings. The topological polar surface area (TPSA) is 78.4 Å². The highest BCUT2D eigenvalue weighted by Crippen LogP contribution is 2.31. The van der Waals surface area contributed by atoms with E-state index in [1.54, 1.807) is 0 Å². The maximum absolute atomic E-state index is 11.1. The minimum absolute atomic E-state index is 0.0996. The summed E-state index contributed by atoms with van der Waals surface area (Å²) in [6, 6.07) is -0.193. The third kappa shape index (κ3) is 6.76. The summed E-state index contributed by atoms with van der Waals surface area (Å²) in [5.41, 5.74) is 0. The molecule has 0 unspecified atom stereocenters. The molecule has 0 atom stereocenters. The lowest BCUT2D eigenvalue weighted by molar-refractivity contribution is -0.137. The Hall–Kier alpha value is -1.26. The van der Waals surface area contributed by atoms with Crippen LogP contribution in [0.3, 0.4) is 0 Å². The second-order valence-electron chi connectivity index (χ2n) is 3.91. The van der Waals surface area contributed by atoms with E-state index in [1.165, 1.54) is 12.8 Å². The van der Waals surface area contributed by atoms with E-state index in [-0.39, 0.29) is 12.5 Å². The molecule has 0 aliphatic heterocycles. The van der Waals surface area contributed by atoms with Crippen LogP contribution in [0.15, 0.2) is 0 Å². The van der Waals surface area contributed by atoms with Gasteiger partial charge in [-0.3, -0.25) is 4.79 Å². The van der Waals surface area contributed by atoms with E-state index in [0.29, 0.717) is 13.0 Å². The average Bonchev–Trinajstić information content (AvgIpc) is 2.96. The second-order valence-corrected chi connectivity index (χ2v) is 3.91. The molecule has 0 heterocycles. The molecule has 1 fully saturated rings. The number of amides is 2. The Labute approximate surface area is 89.2 Å². The first-order chi connectivity index (χ1) is 7.18. The van der Waals surface area contributed by atoms with Gasteiger partial charge in [-0.1, -0.05) is 12.8 Å². The van der Waals surface area contributed by atoms with Crippen LogP contribution in [0.25, 0.3) is 0 Å². The maximum Gasteiger partial charge on any atom is 0.314 e. The van der Waals surface area contributed by atoms with Gasteiger partial charge in [-0.15, -0.1) is 0 Å². The molecule has 0 bridgehead atoms. The fourth-order valence-corrected chi connectivity index (χ4v) is 1.30. The molecule has 0 saturated heterocycles. The third-order valence-electron chi connectivity index (χ3n) is 2.39. The number of nitrogens with one attached hydrogen (secondary N) is 2. The minimum Gasteiger partial charge on any atom is -0.481 e. The molecule has 0 radical (unpaired) electrons. The van der Waals surface area contributed by atoms with Crippen molar-refractivity contribution in [2.24, 2.45) is 5.92 Å². The summed E-state index contributed by atoms with van der Waals surface area (Å²) in [5, 5.41) is 13.7. The molecule has 1 saturated carbocycles. The number of carbonyl (C=O) groups is 2. The normalized spacial score (nSPS) is 14.7. The number of carbonyl (C=O) groups excluding carboxylic acids is 1. The van der Waals surface area contributed by atoms with Gasteiger partial charge in [0.05, 0.1) is 0 Å². The molecule has 2 amide bonds. The number of carboxylic acid groups (broad SMARTS) is 1. The van der Waals surface area contributed by atoms with Crippen LogP contribution in [0.5, 0.6) is 0 Å². The van der Waals surface area contributed by atoms with Crippen molar-refractivity contribution in [2.45, 2.75) is 32.1 Å². The van der Waals surface area contributed by atoms with Gasteiger partial charge in [0, 0.05) is 19.5 Å². The van der Waals surface area contributed by atoms with Crippen molar-refractivity contribution in [3.8, 4) is 0 Å². The predicted molar refractivity (Wildman–Crippen MR) is 55.6 cm³/mol. The quantitative estimate of drug-likeness (QED) is 0.552. The molecule has 0 aromatic rings. The Morgan fingerprint density at radius 3 is 2.47 bits per heavy atom. The minimum atomic E-state index is -0.828. The van der Waals surface area contributed by atoms with Crippen LogP contribution >= 0.6 is 0 Å². The van der Waals surface area contributed by atoms with E-state index >= 15 is 0 Å². The SMILES string of the molecule is O=C(O)CCCNC(=O)NCCC1CC1. The van der Waals surface area contributed by atoms with Crippen molar-refractivity contribution in [3.05, 3.63) is 0 Å². The average molecular weight is 214 g/mol. The van der Waals surface area contributed by atoms with Gasteiger partial charge < -0.3 is 15.7 Å². The number of aliphatic carboxylic acids is 1. The molecule has 0 spiro atoms. The summed E-state index contributed by atoms with van der Waals surface area (Å²) < 4.78 is 0. The van der Waals surface area contributed by atoms with E-state index < -0.39 is 5.97 Å². The van der Waals surface area contributed by atoms with Crippen LogP contribution in [0.2, 0.25) is 0 Å². The molecule has 0 aromatic carbocycles. The predicted octanol–water partition coefficient (Wildman–Crippen LogP) is 0.950. The van der Waals surface area contributed by atoms with Crippen molar-refractivity contribution in [2.75, 3.05) is 13.1 Å². The Morgan fingerprint density at radius 2 is 1.87 bits per heavy atom. The third-order valence-corrected chi connectivity index (χ3v) is 2.39. The van der Waals surface area contributed by atoms with Gasteiger partial charge >= 0.3 is 12.0 Å². The van der Waals surface area contributed by atoms with E-state index in [0.717, 1.165) is 18.9 Å². The lowest BCUT2D eigenvalue weighted by Crippen LogP contribution is -2.36. The van der Waals surface area contributed by atoms with Crippen LogP contribution in [0, 0.1) is 5.92 Å². The number of hydrogen-bond acceptors (Lipinski definition) is 2. The number of rotatable bonds is 7. The first-order valence-corrected chi connectivity index (χ1v) is 5.42. The van der Waals surface area contributed by atoms with Gasteiger partial charge in [0.2, 0.25) is 0 Å². The van der Waals surface area contributed by atoms with Crippen molar-refractivity contribution in [1.29, 1.82) is 0 Å². The van der Waals surface area contributed by atoms with Gasteiger partial charge in [-0.25, -0.2) is 4.79 Å². The number of carboxylic acids is 1. The maximum atomic E-state index is 11.1. The first kappa shape index (κ1) is 11.8. The van der Waals surface area contributed by atoms with Crippen LogP contribution < -0.4 is 10.6 Å². The Morgan fingerprint density at radius 1 is 1.20 bits per heavy atom. The largest absolute Gasteiger partial charge is 0.481 e. The lowest BCUT2D eigenvalue weighted by atomic mass is 10.3. The molecule has 3 N–H and O–H groups in total. The standard InChI is InChI=1S/C10H18N2O3/c13-9(14)2-1-6-11-10(15)12-7-5-8-3-4-8/h8H,1-7H2,(H,13,14)(H2,11,12,15). The van der Waals surface area contributed by atoms with Gasteiger partial charge in [-0.05, 0) is 18.8 Å². The van der Waals surface area contributed by atoms with Gasteiger partial charge in [0.1, 0.15) is 0 Å². The van der Waals surface area contributed by atoms with Crippen molar-refractivity contribution in [1.82, 2.24) is 10.6 Å². The number of hydrogen-bond donors (Lipinski definition) is 3. The molecule has 1 rings (SSSR count). The molecule has 0 aromatic heterocycles. The van der Waals surface area contributed by atoms with Crippen LogP contribution in [-0.2, 0) is 4.79 Å². The molecular weight excluding hydrogens is 196 g/mol. The zero-order valence-electron chi connectivity index (χ0n) is 8.79.